The Morgan fingerprint density at radius 1 is 1.47 bits per heavy atom. The standard InChI is InChI=1S/C13H15NO3/c1-3-9-5-6-10(13(16)17-4-2)12(8-15)11(9)7-14/h5-6,15H,3-4,8H2,1-2H3. The number of esters is 1. The van der Waals surface area contributed by atoms with Gasteiger partial charge in [-0.05, 0) is 25.0 Å². The number of carbonyl (C=O) groups is 1. The molecule has 0 aliphatic heterocycles. The third-order valence-electron chi connectivity index (χ3n) is 2.55. The van der Waals surface area contributed by atoms with Crippen molar-refractivity contribution < 1.29 is 14.6 Å². The maximum absolute atomic E-state index is 11.6. The Labute approximate surface area is 100 Å². The molecule has 4 nitrogen and oxygen atoms in total. The quantitative estimate of drug-likeness (QED) is 0.805. The van der Waals surface area contributed by atoms with Gasteiger partial charge in [-0.2, -0.15) is 5.26 Å². The van der Waals surface area contributed by atoms with Crippen molar-refractivity contribution in [2.45, 2.75) is 26.9 Å². The van der Waals surface area contributed by atoms with Gasteiger partial charge in [-0.1, -0.05) is 13.0 Å². The lowest BCUT2D eigenvalue weighted by atomic mass is 9.95. The summed E-state index contributed by atoms with van der Waals surface area (Å²) >= 11 is 0. The summed E-state index contributed by atoms with van der Waals surface area (Å²) in [6.45, 7) is 3.55. The second-order valence-corrected chi connectivity index (χ2v) is 3.47. The molecule has 1 aromatic rings. The number of rotatable bonds is 4. The summed E-state index contributed by atoms with van der Waals surface area (Å²) in [5.41, 5.74) is 1.82. The molecule has 1 rings (SSSR count). The molecule has 1 N–H and O–H groups in total. The lowest BCUT2D eigenvalue weighted by molar-refractivity contribution is 0.0522. The molecular weight excluding hydrogens is 218 g/mol. The number of aryl methyl sites for hydroxylation is 1. The van der Waals surface area contributed by atoms with Crippen LogP contribution in [0, 0.1) is 11.3 Å². The fourth-order valence-corrected chi connectivity index (χ4v) is 1.69. The van der Waals surface area contributed by atoms with Crippen LogP contribution in [-0.4, -0.2) is 17.7 Å². The van der Waals surface area contributed by atoms with Crippen molar-refractivity contribution in [3.63, 3.8) is 0 Å². The van der Waals surface area contributed by atoms with Gasteiger partial charge in [0.2, 0.25) is 0 Å². The van der Waals surface area contributed by atoms with E-state index in [0.717, 1.165) is 5.56 Å². The van der Waals surface area contributed by atoms with Gasteiger partial charge in [0.15, 0.2) is 0 Å². The van der Waals surface area contributed by atoms with Gasteiger partial charge in [-0.3, -0.25) is 0 Å². The molecule has 90 valence electrons. The number of carbonyl (C=O) groups excluding carboxylic acids is 1. The summed E-state index contributed by atoms with van der Waals surface area (Å²) in [6, 6.07) is 5.36. The van der Waals surface area contributed by atoms with E-state index in [2.05, 4.69) is 0 Å². The highest BCUT2D eigenvalue weighted by molar-refractivity contribution is 5.92. The molecular formula is C13H15NO3. The predicted molar refractivity (Wildman–Crippen MR) is 62.4 cm³/mol. The van der Waals surface area contributed by atoms with E-state index < -0.39 is 5.97 Å². The Hall–Kier alpha value is -1.86. The average Bonchev–Trinajstić information content (AvgIpc) is 2.36. The first-order chi connectivity index (χ1) is 8.19. The van der Waals surface area contributed by atoms with Gasteiger partial charge >= 0.3 is 5.97 Å². The van der Waals surface area contributed by atoms with E-state index in [1.807, 2.05) is 13.0 Å². The zero-order chi connectivity index (χ0) is 12.8. The van der Waals surface area contributed by atoms with Crippen LogP contribution in [0.25, 0.3) is 0 Å². The lowest BCUT2D eigenvalue weighted by Gasteiger charge is -2.11. The summed E-state index contributed by atoms with van der Waals surface area (Å²) in [4.78, 5) is 11.6. The first-order valence-corrected chi connectivity index (χ1v) is 5.52. The van der Waals surface area contributed by atoms with E-state index in [-0.39, 0.29) is 18.8 Å². The smallest absolute Gasteiger partial charge is 0.338 e. The van der Waals surface area contributed by atoms with Crippen molar-refractivity contribution >= 4 is 5.97 Å². The number of hydrogen-bond donors (Lipinski definition) is 1. The van der Waals surface area contributed by atoms with Gasteiger partial charge in [0.25, 0.3) is 0 Å². The first kappa shape index (κ1) is 13.2. The third kappa shape index (κ3) is 2.63. The lowest BCUT2D eigenvalue weighted by Crippen LogP contribution is -2.11. The largest absolute Gasteiger partial charge is 0.462 e. The Balaban J connectivity index is 3.34. The van der Waals surface area contributed by atoms with E-state index in [9.17, 15) is 9.90 Å². The van der Waals surface area contributed by atoms with E-state index in [4.69, 9.17) is 10.00 Å². The van der Waals surface area contributed by atoms with Crippen LogP contribution in [0.5, 0.6) is 0 Å². The molecule has 0 atom stereocenters. The van der Waals surface area contributed by atoms with Gasteiger partial charge in [-0.15, -0.1) is 0 Å². The Kier molecular flexibility index (Phi) is 4.68. The van der Waals surface area contributed by atoms with Gasteiger partial charge in [0.1, 0.15) is 0 Å². The zero-order valence-electron chi connectivity index (χ0n) is 9.99. The second kappa shape index (κ2) is 6.02. The molecule has 0 unspecified atom stereocenters. The van der Waals surface area contributed by atoms with E-state index in [0.29, 0.717) is 17.5 Å². The molecule has 0 radical (unpaired) electrons. The molecule has 0 aromatic heterocycles. The number of nitriles is 1. The molecule has 0 amide bonds. The summed E-state index contributed by atoms with van der Waals surface area (Å²) in [7, 11) is 0. The summed E-state index contributed by atoms with van der Waals surface area (Å²) in [5, 5.41) is 18.4. The van der Waals surface area contributed by atoms with Crippen LogP contribution in [0.4, 0.5) is 0 Å². The highest BCUT2D eigenvalue weighted by Crippen LogP contribution is 2.20. The van der Waals surface area contributed by atoms with Gasteiger partial charge in [-0.25, -0.2) is 4.79 Å². The van der Waals surface area contributed by atoms with Crippen molar-refractivity contribution in [3.05, 3.63) is 34.4 Å². The molecule has 0 bridgehead atoms. The minimum Gasteiger partial charge on any atom is -0.462 e. The van der Waals surface area contributed by atoms with Crippen LogP contribution in [-0.2, 0) is 17.8 Å². The first-order valence-electron chi connectivity index (χ1n) is 5.52. The molecule has 0 spiro atoms. The fourth-order valence-electron chi connectivity index (χ4n) is 1.69. The van der Waals surface area contributed by atoms with Crippen LogP contribution in [0.3, 0.4) is 0 Å². The van der Waals surface area contributed by atoms with Crippen LogP contribution >= 0.6 is 0 Å². The number of benzene rings is 1. The highest BCUT2D eigenvalue weighted by Gasteiger charge is 2.17. The number of aliphatic hydroxyl groups excluding tert-OH is 1. The van der Waals surface area contributed by atoms with Crippen LogP contribution < -0.4 is 0 Å². The predicted octanol–water partition coefficient (Wildman–Crippen LogP) is 1.79. The monoisotopic (exact) mass is 233 g/mol. The number of aliphatic hydroxyl groups is 1. The van der Waals surface area contributed by atoms with Crippen LogP contribution in [0.1, 0.15) is 40.9 Å². The van der Waals surface area contributed by atoms with Crippen LogP contribution in [0.15, 0.2) is 12.1 Å². The van der Waals surface area contributed by atoms with E-state index in [1.54, 1.807) is 19.1 Å². The van der Waals surface area contributed by atoms with Gasteiger partial charge in [0.05, 0.1) is 30.4 Å². The fraction of sp³-hybridized carbons (Fsp3) is 0.385. The van der Waals surface area contributed by atoms with Gasteiger partial charge in [0, 0.05) is 5.56 Å². The van der Waals surface area contributed by atoms with E-state index in [1.165, 1.54) is 0 Å². The molecule has 0 heterocycles. The molecule has 0 saturated carbocycles. The molecule has 4 heteroatoms. The molecule has 0 aliphatic carbocycles. The number of hydrogen-bond acceptors (Lipinski definition) is 4. The summed E-state index contributed by atoms with van der Waals surface area (Å²) in [6.07, 6.45) is 0.680. The van der Waals surface area contributed by atoms with Crippen molar-refractivity contribution in [2.24, 2.45) is 0 Å². The SMILES string of the molecule is CCOC(=O)c1ccc(CC)c(C#N)c1CO. The van der Waals surface area contributed by atoms with Crippen LogP contribution in [0.2, 0.25) is 0 Å². The van der Waals surface area contributed by atoms with Gasteiger partial charge < -0.3 is 9.84 Å². The van der Waals surface area contributed by atoms with Crippen molar-refractivity contribution in [1.29, 1.82) is 5.26 Å². The molecule has 17 heavy (non-hydrogen) atoms. The molecule has 1 aromatic carbocycles. The number of ether oxygens (including phenoxy) is 1. The Morgan fingerprint density at radius 3 is 2.65 bits per heavy atom. The zero-order valence-corrected chi connectivity index (χ0v) is 9.99. The normalized spacial score (nSPS) is 9.76. The third-order valence-corrected chi connectivity index (χ3v) is 2.55. The minimum absolute atomic E-state index is 0.265. The maximum atomic E-state index is 11.6. The summed E-state index contributed by atoms with van der Waals surface area (Å²) < 4.78 is 4.88. The highest BCUT2D eigenvalue weighted by atomic mass is 16.5. The van der Waals surface area contributed by atoms with Crippen molar-refractivity contribution in [2.75, 3.05) is 6.61 Å². The molecule has 0 fully saturated rings. The Bertz CT molecular complexity index is 460. The molecule has 0 aliphatic rings. The minimum atomic E-state index is -0.504. The van der Waals surface area contributed by atoms with Crippen molar-refractivity contribution in [1.82, 2.24) is 0 Å². The summed E-state index contributed by atoms with van der Waals surface area (Å²) in [5.74, 6) is -0.504. The second-order valence-electron chi connectivity index (χ2n) is 3.47. The average molecular weight is 233 g/mol. The Morgan fingerprint density at radius 2 is 2.18 bits per heavy atom. The number of nitrogens with zero attached hydrogens (tertiary/aromatic N) is 1. The van der Waals surface area contributed by atoms with E-state index >= 15 is 0 Å². The van der Waals surface area contributed by atoms with Crippen molar-refractivity contribution in [3.8, 4) is 6.07 Å². The maximum Gasteiger partial charge on any atom is 0.338 e. The topological polar surface area (TPSA) is 70.3 Å². The molecule has 0 saturated heterocycles.